The third kappa shape index (κ3) is 18.8. The van der Waals surface area contributed by atoms with E-state index in [0.29, 0.717) is 25.3 Å². The van der Waals surface area contributed by atoms with Gasteiger partial charge >= 0.3 is 7.12 Å². The monoisotopic (exact) mass is 1500 g/mol. The number of nitrogens with zero attached hydrogens (tertiary/aromatic N) is 8. The van der Waals surface area contributed by atoms with Crippen molar-refractivity contribution in [3.63, 3.8) is 0 Å². The maximum Gasteiger partial charge on any atom is 0.494 e. The van der Waals surface area contributed by atoms with Crippen LogP contribution in [0.4, 0.5) is 13.2 Å². The van der Waals surface area contributed by atoms with Gasteiger partial charge in [0.05, 0.1) is 61.3 Å². The summed E-state index contributed by atoms with van der Waals surface area (Å²) in [5.41, 5.74) is 16.3. The van der Waals surface area contributed by atoms with Gasteiger partial charge in [0.1, 0.15) is 48.0 Å². The summed E-state index contributed by atoms with van der Waals surface area (Å²) in [6, 6.07) is 40.3. The minimum atomic E-state index is -1.17. The predicted molar refractivity (Wildman–Crippen MR) is 416 cm³/mol. The topological polar surface area (TPSA) is 187 Å². The van der Waals surface area contributed by atoms with Gasteiger partial charge in [0, 0.05) is 79.0 Å². The second-order valence-electron chi connectivity index (χ2n) is 29.3. The number of fused-ring (bicyclic) bond motifs is 3. The van der Waals surface area contributed by atoms with E-state index in [1.165, 1.54) is 42.1 Å². The number of H-pyrrole nitrogens is 4. The van der Waals surface area contributed by atoms with Crippen LogP contribution < -0.4 is 5.46 Å². The Morgan fingerprint density at radius 1 is 0.480 bits per heavy atom. The zero-order valence-electron chi connectivity index (χ0n) is 61.1. The molecule has 0 amide bonds. The van der Waals surface area contributed by atoms with Gasteiger partial charge in [-0.1, -0.05) is 119 Å². The highest BCUT2D eigenvalue weighted by atomic mass is 127. The number of ether oxygens (including phenoxy) is 2. The number of rotatable bonds is 19. The first-order chi connectivity index (χ1) is 47.4. The molecule has 1 aliphatic heterocycles. The molecule has 0 radical (unpaired) electrons. The van der Waals surface area contributed by atoms with Crippen LogP contribution in [0.25, 0.3) is 88.7 Å². The van der Waals surface area contributed by atoms with Gasteiger partial charge in [-0.3, -0.25) is 20.4 Å². The Labute approximate surface area is 602 Å². The van der Waals surface area contributed by atoms with Crippen LogP contribution in [0.1, 0.15) is 118 Å². The number of hydrogen-bond acceptors (Lipinski definition) is 10. The molecule has 1 fully saturated rings. The largest absolute Gasteiger partial charge is 0.494 e. The molecule has 7 heterocycles. The van der Waals surface area contributed by atoms with Crippen molar-refractivity contribution in [3.05, 3.63) is 184 Å². The number of nitrogens with one attached hydrogen (secondary N) is 4. The fourth-order valence-corrected chi connectivity index (χ4v) is 14.2. The number of halogens is 4. The normalized spacial score (nSPS) is 13.6. The van der Waals surface area contributed by atoms with E-state index in [4.69, 9.17) is 29.0 Å². The first-order valence-corrected chi connectivity index (χ1v) is 43.0. The number of benzene rings is 6. The van der Waals surface area contributed by atoms with Crippen LogP contribution in [0.5, 0.6) is 0 Å². The lowest BCUT2D eigenvalue weighted by Gasteiger charge is -2.32. The summed E-state index contributed by atoms with van der Waals surface area (Å²) in [6.45, 7) is 41.6. The molecular weight excluding hydrogens is 1410 g/mol. The summed E-state index contributed by atoms with van der Waals surface area (Å²) in [4.78, 5) is 0. The van der Waals surface area contributed by atoms with Crippen molar-refractivity contribution in [1.82, 2.24) is 60.4 Å². The van der Waals surface area contributed by atoms with E-state index < -0.39 is 16.1 Å². The molecule has 100 heavy (non-hydrogen) atoms. The van der Waals surface area contributed by atoms with E-state index >= 15 is 0 Å². The Hall–Kier alpha value is -7.78. The van der Waals surface area contributed by atoms with Crippen LogP contribution in [0.15, 0.2) is 146 Å². The van der Waals surface area contributed by atoms with Crippen molar-refractivity contribution < 1.29 is 32.0 Å². The fraction of sp³-hybridized carbons (Fsp3) is 0.377. The van der Waals surface area contributed by atoms with Crippen molar-refractivity contribution in [1.29, 1.82) is 0 Å². The number of aromatic nitrogens is 12. The molecule has 0 atom stereocenters. The van der Waals surface area contributed by atoms with Gasteiger partial charge < -0.3 is 18.8 Å². The molecule has 23 heteroatoms. The third-order valence-electron chi connectivity index (χ3n) is 17.6. The first-order valence-electron chi connectivity index (χ1n) is 34.5. The van der Waals surface area contributed by atoms with Crippen molar-refractivity contribution >= 4 is 84.0 Å². The van der Waals surface area contributed by atoms with Crippen molar-refractivity contribution in [2.75, 3.05) is 13.2 Å². The summed E-state index contributed by atoms with van der Waals surface area (Å²) >= 11 is 2.34. The minimum absolute atomic E-state index is 0.229. The zero-order valence-corrected chi connectivity index (χ0v) is 65.3. The highest BCUT2D eigenvalue weighted by molar-refractivity contribution is 14.1. The molecule has 12 aromatic rings. The van der Waals surface area contributed by atoms with Crippen LogP contribution >= 0.6 is 22.6 Å². The van der Waals surface area contributed by atoms with E-state index in [-0.39, 0.29) is 41.7 Å². The average Bonchev–Trinajstić information content (AvgIpc) is 1.56. The van der Waals surface area contributed by atoms with Crippen LogP contribution in [0.3, 0.4) is 0 Å². The minimum Gasteiger partial charge on any atom is -0.399 e. The van der Waals surface area contributed by atoms with Crippen LogP contribution in [-0.4, -0.2) is 108 Å². The molecule has 1 aliphatic rings. The molecule has 0 bridgehead atoms. The summed E-state index contributed by atoms with van der Waals surface area (Å²) in [7, 11) is -2.56. The highest BCUT2D eigenvalue weighted by Crippen LogP contribution is 2.42. The summed E-state index contributed by atoms with van der Waals surface area (Å²) < 4.78 is 69.1. The maximum absolute atomic E-state index is 13.6. The van der Waals surface area contributed by atoms with Crippen molar-refractivity contribution in [2.24, 2.45) is 0 Å². The third-order valence-corrected chi connectivity index (χ3v) is 22.1. The molecule has 16 nitrogen and oxygen atoms in total. The second-order valence-corrected chi connectivity index (χ2v) is 41.7. The molecule has 528 valence electrons. The summed E-state index contributed by atoms with van der Waals surface area (Å²) in [5.74, 6) is 0.133. The van der Waals surface area contributed by atoms with Crippen molar-refractivity contribution in [3.8, 4) is 56.0 Å². The molecule has 0 unspecified atom stereocenters. The summed E-state index contributed by atoms with van der Waals surface area (Å²) in [5, 5.41) is 41.7. The van der Waals surface area contributed by atoms with E-state index in [1.54, 1.807) is 36.4 Å². The Morgan fingerprint density at radius 3 is 1.29 bits per heavy atom. The summed E-state index contributed by atoms with van der Waals surface area (Å²) in [6.07, 6.45) is 5.45. The second kappa shape index (κ2) is 32.9. The van der Waals surface area contributed by atoms with Crippen LogP contribution in [0, 0.1) is 21.0 Å². The number of aromatic amines is 4. The molecule has 13 rings (SSSR count). The van der Waals surface area contributed by atoms with Gasteiger partial charge in [-0.05, 0) is 200 Å². The van der Waals surface area contributed by atoms with Crippen LogP contribution in [0.2, 0.25) is 51.4 Å². The van der Waals surface area contributed by atoms with Gasteiger partial charge in [-0.2, -0.15) is 30.6 Å². The lowest BCUT2D eigenvalue weighted by molar-refractivity contribution is 0.00578. The molecule has 0 saturated carbocycles. The van der Waals surface area contributed by atoms with Crippen LogP contribution in [-0.2, 0) is 32.2 Å². The maximum atomic E-state index is 13.6. The van der Waals surface area contributed by atoms with E-state index in [2.05, 4.69) is 202 Å². The lowest BCUT2D eigenvalue weighted by atomic mass is 9.79. The van der Waals surface area contributed by atoms with E-state index in [9.17, 15) is 13.2 Å². The van der Waals surface area contributed by atoms with E-state index in [1.807, 2.05) is 66.1 Å². The lowest BCUT2D eigenvalue weighted by Crippen LogP contribution is -2.41. The van der Waals surface area contributed by atoms with Crippen molar-refractivity contribution in [2.45, 2.75) is 177 Å². The van der Waals surface area contributed by atoms with Gasteiger partial charge in [-0.15, -0.1) is 0 Å². The van der Waals surface area contributed by atoms with E-state index in [0.717, 1.165) is 134 Å². The van der Waals surface area contributed by atoms with Gasteiger partial charge in [-0.25, -0.2) is 22.5 Å². The SMILES string of the molecule is CC.CC(C)c1[nH]nc(-c2ccc(F)cc2)c1-c1ccc2[nH]ncc2c1.CC(C)c1c(-c2ccc3[nH]ncc3c2)c(-c2ccc(F)cc2)nn1COCC[Si](C)(C)C.CC(C)c1c(I)c(-c2ccc(F)cc2)nn1COCC[Si](C)(C)C.CC1(C)OB(c2ccc3[nH]ncc3c2)OC1(C)C. The Balaban J connectivity index is 0.000000157. The Bertz CT molecular complexity index is 4610. The molecule has 6 aromatic carbocycles. The molecule has 0 spiro atoms. The molecule has 0 aliphatic carbocycles. The predicted octanol–water partition coefficient (Wildman–Crippen LogP) is 20.2. The quantitative estimate of drug-likeness (QED) is 0.0345. The first kappa shape index (κ1) is 76.4. The van der Waals surface area contributed by atoms with Gasteiger partial charge in [0.15, 0.2) is 0 Å². The highest BCUT2D eigenvalue weighted by Gasteiger charge is 2.51. The molecule has 6 aromatic heterocycles. The molecule has 1 saturated heterocycles. The molecular formula is C77H97BF3IN12O4Si2. The number of hydrogen-bond donors (Lipinski definition) is 4. The average molecular weight is 1510 g/mol. The Kier molecular flexibility index (Phi) is 25.1. The smallest absolute Gasteiger partial charge is 0.399 e. The standard InChI is InChI=1S/C25H31FN4OSi.C19H17FN4.C18H26FIN2OSi.C13H17BN2O2.C2H6/c1-17(2)25-23(19-8-11-22-20(14-19)15-27-28-22)24(18-6-9-21(26)10-7-18)29-30(25)16-31-12-13-32(3,4)5;1-11(2)18-17(13-5-8-16-14(9-13)10-21-22-16)19(24-23-18)12-3-6-15(20)7-4-12;1-13(2)18-16(20)17(14-6-8-15(19)9-7-14)21-22(18)12-23-10-11-24(3,4)5;1-12(2)13(3,4)18-14(17-12)10-5-6-11-9(7-10)8-15-16-11;1-2/h6-11,14-15,17H,12-13,16H2,1-5H3,(H,27,28);3-11H,1-2H3,(H,21,22)(H,23,24);6-9,13H,10-12H2,1-5H3;5-8H,1-4H3,(H,15,16);1-2H3. The van der Waals surface area contributed by atoms with Gasteiger partial charge in [0.25, 0.3) is 0 Å². The fourth-order valence-electron chi connectivity index (χ4n) is 11.4. The molecule has 4 N–H and O–H groups in total. The van der Waals surface area contributed by atoms with Gasteiger partial charge in [0.2, 0.25) is 0 Å². The Morgan fingerprint density at radius 2 is 0.860 bits per heavy atom. The zero-order chi connectivity index (χ0) is 72.4.